The molecule has 0 saturated heterocycles. The van der Waals surface area contributed by atoms with Crippen LogP contribution < -0.4 is 9.04 Å². The number of ether oxygens (including phenoxy) is 1. The predicted molar refractivity (Wildman–Crippen MR) is 108 cm³/mol. The summed E-state index contributed by atoms with van der Waals surface area (Å²) in [7, 11) is -1.83. The van der Waals surface area contributed by atoms with Gasteiger partial charge in [-0.25, -0.2) is 8.42 Å². The van der Waals surface area contributed by atoms with Gasteiger partial charge in [-0.1, -0.05) is 36.4 Å². The number of methoxy groups -OCH3 is 1. The molecule has 0 bridgehead atoms. The molecule has 3 rings (SSSR count). The van der Waals surface area contributed by atoms with Crippen LogP contribution in [0, 0.1) is 0 Å². The SMILES string of the molecule is CCS(=O)(=O)N(Cc1cccnc1)c1cccc(-c2ccccc2OC)c1. The molecule has 1 heterocycles. The number of para-hydroxylation sites is 1. The Morgan fingerprint density at radius 3 is 2.56 bits per heavy atom. The molecule has 0 saturated carbocycles. The summed E-state index contributed by atoms with van der Waals surface area (Å²) >= 11 is 0. The Morgan fingerprint density at radius 1 is 1.04 bits per heavy atom. The van der Waals surface area contributed by atoms with Crippen molar-refractivity contribution in [2.75, 3.05) is 17.2 Å². The highest BCUT2D eigenvalue weighted by Gasteiger charge is 2.21. The smallest absolute Gasteiger partial charge is 0.235 e. The second kappa shape index (κ2) is 8.22. The quantitative estimate of drug-likeness (QED) is 0.617. The second-order valence-electron chi connectivity index (χ2n) is 6.02. The van der Waals surface area contributed by atoms with Gasteiger partial charge in [0.1, 0.15) is 5.75 Å². The van der Waals surface area contributed by atoms with Crippen molar-refractivity contribution in [2.24, 2.45) is 0 Å². The van der Waals surface area contributed by atoms with Crippen molar-refractivity contribution in [3.63, 3.8) is 0 Å². The monoisotopic (exact) mass is 382 g/mol. The van der Waals surface area contributed by atoms with E-state index >= 15 is 0 Å². The van der Waals surface area contributed by atoms with Crippen LogP contribution in [0.1, 0.15) is 12.5 Å². The molecule has 0 aliphatic carbocycles. The van der Waals surface area contributed by atoms with Gasteiger partial charge in [0.15, 0.2) is 0 Å². The molecule has 0 fully saturated rings. The van der Waals surface area contributed by atoms with Crippen LogP contribution in [0.15, 0.2) is 73.1 Å². The van der Waals surface area contributed by atoms with Gasteiger partial charge in [-0.05, 0) is 42.3 Å². The Hall–Kier alpha value is -2.86. The lowest BCUT2D eigenvalue weighted by Gasteiger charge is -2.24. The van der Waals surface area contributed by atoms with E-state index in [-0.39, 0.29) is 12.3 Å². The van der Waals surface area contributed by atoms with Gasteiger partial charge in [-0.2, -0.15) is 0 Å². The molecule has 1 aromatic heterocycles. The van der Waals surface area contributed by atoms with Crippen LogP contribution in [0.3, 0.4) is 0 Å². The lowest BCUT2D eigenvalue weighted by Crippen LogP contribution is -2.31. The molecule has 27 heavy (non-hydrogen) atoms. The van der Waals surface area contributed by atoms with Crippen LogP contribution in [0.2, 0.25) is 0 Å². The van der Waals surface area contributed by atoms with E-state index in [1.807, 2.05) is 54.6 Å². The number of rotatable bonds is 7. The number of benzene rings is 2. The van der Waals surface area contributed by atoms with E-state index in [9.17, 15) is 8.42 Å². The number of sulfonamides is 1. The number of nitrogens with zero attached hydrogens (tertiary/aromatic N) is 2. The summed E-state index contributed by atoms with van der Waals surface area (Å²) in [5, 5.41) is 0. The van der Waals surface area contributed by atoms with Gasteiger partial charge < -0.3 is 4.74 Å². The van der Waals surface area contributed by atoms with Gasteiger partial charge in [0.25, 0.3) is 0 Å². The zero-order valence-corrected chi connectivity index (χ0v) is 16.2. The van der Waals surface area contributed by atoms with Crippen LogP contribution >= 0.6 is 0 Å². The molecule has 2 aromatic carbocycles. The van der Waals surface area contributed by atoms with Gasteiger partial charge in [-0.15, -0.1) is 0 Å². The highest BCUT2D eigenvalue weighted by Crippen LogP contribution is 2.33. The summed E-state index contributed by atoms with van der Waals surface area (Å²) in [6.07, 6.45) is 3.35. The minimum absolute atomic E-state index is 0.0200. The van der Waals surface area contributed by atoms with Crippen molar-refractivity contribution in [3.8, 4) is 16.9 Å². The van der Waals surface area contributed by atoms with Gasteiger partial charge >= 0.3 is 0 Å². The summed E-state index contributed by atoms with van der Waals surface area (Å²) in [6, 6.07) is 18.8. The van der Waals surface area contributed by atoms with Crippen molar-refractivity contribution in [1.29, 1.82) is 0 Å². The molecule has 140 valence electrons. The van der Waals surface area contributed by atoms with Crippen LogP contribution in [0.5, 0.6) is 5.75 Å². The van der Waals surface area contributed by atoms with E-state index in [1.165, 1.54) is 4.31 Å². The lowest BCUT2D eigenvalue weighted by atomic mass is 10.0. The van der Waals surface area contributed by atoms with E-state index in [4.69, 9.17) is 4.74 Å². The Morgan fingerprint density at radius 2 is 1.85 bits per heavy atom. The fourth-order valence-electron chi connectivity index (χ4n) is 2.88. The third-order valence-electron chi connectivity index (χ3n) is 4.30. The molecule has 0 aliphatic rings. The molecule has 6 heteroatoms. The van der Waals surface area contributed by atoms with Crippen LogP contribution in [0.4, 0.5) is 5.69 Å². The van der Waals surface area contributed by atoms with Gasteiger partial charge in [0.05, 0.1) is 25.1 Å². The maximum atomic E-state index is 12.8. The fourth-order valence-corrected chi connectivity index (χ4v) is 3.97. The highest BCUT2D eigenvalue weighted by molar-refractivity contribution is 7.92. The van der Waals surface area contributed by atoms with Gasteiger partial charge in [-0.3, -0.25) is 9.29 Å². The lowest BCUT2D eigenvalue weighted by molar-refractivity contribution is 0.416. The Bertz CT molecular complexity index is 1000. The average molecular weight is 382 g/mol. The van der Waals surface area contributed by atoms with E-state index in [0.29, 0.717) is 5.69 Å². The van der Waals surface area contributed by atoms with Crippen molar-refractivity contribution in [2.45, 2.75) is 13.5 Å². The maximum absolute atomic E-state index is 12.8. The van der Waals surface area contributed by atoms with Crippen LogP contribution in [-0.2, 0) is 16.6 Å². The first kappa shape index (κ1) is 18.9. The first-order valence-electron chi connectivity index (χ1n) is 8.68. The number of hydrogen-bond acceptors (Lipinski definition) is 4. The first-order chi connectivity index (χ1) is 13.0. The van der Waals surface area contributed by atoms with E-state index in [2.05, 4.69) is 4.98 Å². The average Bonchev–Trinajstić information content (AvgIpc) is 2.72. The maximum Gasteiger partial charge on any atom is 0.235 e. The molecular formula is C21H22N2O3S. The summed E-state index contributed by atoms with van der Waals surface area (Å²) < 4.78 is 32.4. The van der Waals surface area contributed by atoms with Crippen molar-refractivity contribution in [3.05, 3.63) is 78.6 Å². The normalized spacial score (nSPS) is 11.2. The molecule has 0 amide bonds. The van der Waals surface area contributed by atoms with Crippen LogP contribution in [-0.4, -0.2) is 26.3 Å². The minimum Gasteiger partial charge on any atom is -0.496 e. The summed E-state index contributed by atoms with van der Waals surface area (Å²) in [4.78, 5) is 4.09. The molecule has 3 aromatic rings. The van der Waals surface area contributed by atoms with E-state index in [1.54, 1.807) is 32.5 Å². The molecule has 0 radical (unpaired) electrons. The Labute approximate surface area is 160 Å². The zero-order valence-electron chi connectivity index (χ0n) is 15.4. The fraction of sp³-hybridized carbons (Fsp3) is 0.190. The molecule has 0 N–H and O–H groups in total. The summed E-state index contributed by atoms with van der Waals surface area (Å²) in [5.41, 5.74) is 3.26. The molecule has 0 unspecified atom stereocenters. The van der Waals surface area contributed by atoms with E-state index in [0.717, 1.165) is 22.4 Å². The minimum atomic E-state index is -3.45. The molecule has 5 nitrogen and oxygen atoms in total. The summed E-state index contributed by atoms with van der Waals surface area (Å²) in [5.74, 6) is 0.762. The number of anilines is 1. The third kappa shape index (κ3) is 4.28. The summed E-state index contributed by atoms with van der Waals surface area (Å²) in [6.45, 7) is 1.88. The van der Waals surface area contributed by atoms with Crippen LogP contribution in [0.25, 0.3) is 11.1 Å². The molecule has 0 spiro atoms. The predicted octanol–water partition coefficient (Wildman–Crippen LogP) is 4.11. The number of pyridine rings is 1. The second-order valence-corrected chi connectivity index (χ2v) is 8.20. The van der Waals surface area contributed by atoms with E-state index < -0.39 is 10.0 Å². The van der Waals surface area contributed by atoms with Gasteiger partial charge in [0, 0.05) is 18.0 Å². The molecule has 0 aliphatic heterocycles. The largest absolute Gasteiger partial charge is 0.496 e. The zero-order chi connectivity index (χ0) is 19.3. The highest BCUT2D eigenvalue weighted by atomic mass is 32.2. The topological polar surface area (TPSA) is 59.5 Å². The Kier molecular flexibility index (Phi) is 5.76. The molecular weight excluding hydrogens is 360 g/mol. The molecule has 0 atom stereocenters. The Balaban J connectivity index is 2.05. The van der Waals surface area contributed by atoms with Gasteiger partial charge in [0.2, 0.25) is 10.0 Å². The third-order valence-corrected chi connectivity index (χ3v) is 6.04. The standard InChI is InChI=1S/C21H22N2O3S/c1-3-27(24,25)23(16-17-8-7-13-22-15-17)19-10-6-9-18(14-19)20-11-4-5-12-21(20)26-2/h4-15H,3,16H2,1-2H3. The van der Waals surface area contributed by atoms with Crippen molar-refractivity contribution < 1.29 is 13.2 Å². The first-order valence-corrected chi connectivity index (χ1v) is 10.3. The van der Waals surface area contributed by atoms with Crippen molar-refractivity contribution in [1.82, 2.24) is 4.98 Å². The van der Waals surface area contributed by atoms with Crippen molar-refractivity contribution >= 4 is 15.7 Å². The number of hydrogen-bond donors (Lipinski definition) is 0. The number of aromatic nitrogens is 1.